The maximum absolute atomic E-state index is 12.3. The SMILES string of the molecule is CCOCC(C)OC1(CBr)CCCN(C(=O)OC(C)(C)C)C1. The summed E-state index contributed by atoms with van der Waals surface area (Å²) < 4.78 is 17.1. The summed E-state index contributed by atoms with van der Waals surface area (Å²) in [5.74, 6) is 0. The molecule has 0 aromatic carbocycles. The van der Waals surface area contributed by atoms with Crippen LogP contribution in [0, 0.1) is 0 Å². The van der Waals surface area contributed by atoms with E-state index >= 15 is 0 Å². The van der Waals surface area contributed by atoms with Gasteiger partial charge in [0.2, 0.25) is 0 Å². The first-order valence-corrected chi connectivity index (χ1v) is 9.13. The van der Waals surface area contributed by atoms with E-state index in [0.717, 1.165) is 12.8 Å². The van der Waals surface area contributed by atoms with Crippen LogP contribution in [-0.4, -0.2) is 59.9 Å². The Morgan fingerprint density at radius 1 is 1.41 bits per heavy atom. The van der Waals surface area contributed by atoms with Gasteiger partial charge in [-0.05, 0) is 47.5 Å². The van der Waals surface area contributed by atoms with Gasteiger partial charge in [-0.15, -0.1) is 0 Å². The van der Waals surface area contributed by atoms with Gasteiger partial charge in [0.05, 0.1) is 24.9 Å². The van der Waals surface area contributed by atoms with Crippen molar-refractivity contribution in [3.05, 3.63) is 0 Å². The van der Waals surface area contributed by atoms with Crippen molar-refractivity contribution in [2.45, 2.75) is 64.8 Å². The standard InChI is InChI=1S/C16H30BrNO4/c1-6-20-10-13(2)21-16(11-17)8-7-9-18(12-16)14(19)22-15(3,4)5/h13H,6-12H2,1-5H3. The van der Waals surface area contributed by atoms with Crippen molar-refractivity contribution < 1.29 is 19.0 Å². The number of carbonyl (C=O) groups excluding carboxylic acids is 1. The van der Waals surface area contributed by atoms with Crippen LogP contribution in [0.5, 0.6) is 0 Å². The number of likely N-dealkylation sites (tertiary alicyclic amines) is 1. The van der Waals surface area contributed by atoms with Gasteiger partial charge in [-0.25, -0.2) is 4.79 Å². The summed E-state index contributed by atoms with van der Waals surface area (Å²) in [6.45, 7) is 12.1. The van der Waals surface area contributed by atoms with E-state index in [4.69, 9.17) is 14.2 Å². The van der Waals surface area contributed by atoms with Crippen LogP contribution < -0.4 is 0 Å². The normalized spacial score (nSPS) is 24.2. The molecule has 130 valence electrons. The second-order valence-corrected chi connectivity index (χ2v) is 7.47. The number of hydrogen-bond donors (Lipinski definition) is 0. The van der Waals surface area contributed by atoms with Crippen molar-refractivity contribution in [1.29, 1.82) is 0 Å². The first-order chi connectivity index (χ1) is 10.2. The molecule has 22 heavy (non-hydrogen) atoms. The van der Waals surface area contributed by atoms with Crippen LogP contribution in [-0.2, 0) is 14.2 Å². The quantitative estimate of drug-likeness (QED) is 0.661. The van der Waals surface area contributed by atoms with Gasteiger partial charge in [-0.3, -0.25) is 0 Å². The zero-order valence-electron chi connectivity index (χ0n) is 14.5. The minimum Gasteiger partial charge on any atom is -0.444 e. The molecular formula is C16H30BrNO4. The fraction of sp³-hybridized carbons (Fsp3) is 0.938. The molecule has 0 radical (unpaired) electrons. The average Bonchev–Trinajstić information content (AvgIpc) is 2.43. The van der Waals surface area contributed by atoms with Crippen molar-refractivity contribution in [3.8, 4) is 0 Å². The van der Waals surface area contributed by atoms with Crippen LogP contribution in [0.1, 0.15) is 47.5 Å². The summed E-state index contributed by atoms with van der Waals surface area (Å²) >= 11 is 3.56. The van der Waals surface area contributed by atoms with Gasteiger partial charge in [-0.1, -0.05) is 15.9 Å². The molecule has 1 amide bonds. The van der Waals surface area contributed by atoms with E-state index in [9.17, 15) is 4.79 Å². The number of alkyl halides is 1. The molecule has 0 N–H and O–H groups in total. The Bertz CT molecular complexity index is 359. The highest BCUT2D eigenvalue weighted by atomic mass is 79.9. The number of amides is 1. The number of piperidine rings is 1. The fourth-order valence-corrected chi connectivity index (χ4v) is 3.15. The second-order valence-electron chi connectivity index (χ2n) is 6.91. The Kier molecular flexibility index (Phi) is 7.62. The largest absolute Gasteiger partial charge is 0.444 e. The summed E-state index contributed by atoms with van der Waals surface area (Å²) in [4.78, 5) is 14.0. The molecule has 1 saturated heterocycles. The number of nitrogens with zero attached hydrogens (tertiary/aromatic N) is 1. The van der Waals surface area contributed by atoms with Gasteiger partial charge < -0.3 is 19.1 Å². The number of halogens is 1. The molecular weight excluding hydrogens is 350 g/mol. The Morgan fingerprint density at radius 2 is 2.09 bits per heavy atom. The monoisotopic (exact) mass is 379 g/mol. The fourth-order valence-electron chi connectivity index (χ4n) is 2.56. The summed E-state index contributed by atoms with van der Waals surface area (Å²) in [6.07, 6.45) is 1.56. The van der Waals surface area contributed by atoms with E-state index < -0.39 is 5.60 Å². The highest BCUT2D eigenvalue weighted by Crippen LogP contribution is 2.29. The van der Waals surface area contributed by atoms with Gasteiger partial charge in [0.1, 0.15) is 5.60 Å². The van der Waals surface area contributed by atoms with Gasteiger partial charge in [0, 0.05) is 18.5 Å². The van der Waals surface area contributed by atoms with Crippen molar-refractivity contribution >= 4 is 22.0 Å². The van der Waals surface area contributed by atoms with Gasteiger partial charge in [0.25, 0.3) is 0 Å². The van der Waals surface area contributed by atoms with E-state index in [0.29, 0.717) is 31.6 Å². The number of rotatable bonds is 6. The number of hydrogen-bond acceptors (Lipinski definition) is 4. The highest BCUT2D eigenvalue weighted by Gasteiger charge is 2.39. The number of carbonyl (C=O) groups is 1. The molecule has 0 bridgehead atoms. The van der Waals surface area contributed by atoms with Gasteiger partial charge in [-0.2, -0.15) is 0 Å². The van der Waals surface area contributed by atoms with Gasteiger partial charge >= 0.3 is 6.09 Å². The third-order valence-electron chi connectivity index (χ3n) is 3.44. The molecule has 1 aliphatic rings. The maximum atomic E-state index is 12.3. The predicted molar refractivity (Wildman–Crippen MR) is 90.6 cm³/mol. The summed E-state index contributed by atoms with van der Waals surface area (Å²) in [7, 11) is 0. The average molecular weight is 380 g/mol. The third kappa shape index (κ3) is 6.42. The van der Waals surface area contributed by atoms with Crippen LogP contribution in [0.15, 0.2) is 0 Å². The van der Waals surface area contributed by atoms with E-state index in [2.05, 4.69) is 15.9 Å². The summed E-state index contributed by atoms with van der Waals surface area (Å²) in [5.41, 5.74) is -0.847. The number of ether oxygens (including phenoxy) is 3. The topological polar surface area (TPSA) is 48.0 Å². The lowest BCUT2D eigenvalue weighted by molar-refractivity contribution is -0.125. The van der Waals surface area contributed by atoms with Crippen LogP contribution in [0.25, 0.3) is 0 Å². The van der Waals surface area contributed by atoms with Crippen LogP contribution in [0.3, 0.4) is 0 Å². The molecule has 0 saturated carbocycles. The zero-order chi connectivity index (χ0) is 16.8. The molecule has 0 aliphatic carbocycles. The Hall–Kier alpha value is -0.330. The Morgan fingerprint density at radius 3 is 2.64 bits per heavy atom. The van der Waals surface area contributed by atoms with Crippen LogP contribution in [0.4, 0.5) is 4.79 Å². The molecule has 6 heteroatoms. The molecule has 2 atom stereocenters. The predicted octanol–water partition coefficient (Wildman–Crippen LogP) is 3.59. The second kappa shape index (κ2) is 8.50. The van der Waals surface area contributed by atoms with E-state index in [1.807, 2.05) is 34.6 Å². The molecule has 0 aromatic heterocycles. The molecule has 0 spiro atoms. The van der Waals surface area contributed by atoms with Crippen LogP contribution in [0.2, 0.25) is 0 Å². The Labute approximate surface area is 142 Å². The molecule has 2 unspecified atom stereocenters. The summed E-state index contributed by atoms with van der Waals surface area (Å²) in [5, 5.41) is 0.690. The van der Waals surface area contributed by atoms with Crippen molar-refractivity contribution in [1.82, 2.24) is 4.90 Å². The summed E-state index contributed by atoms with van der Waals surface area (Å²) in [6, 6.07) is 0. The smallest absolute Gasteiger partial charge is 0.410 e. The first kappa shape index (κ1) is 19.7. The molecule has 0 aromatic rings. The highest BCUT2D eigenvalue weighted by molar-refractivity contribution is 9.09. The minimum atomic E-state index is -0.477. The molecule has 1 heterocycles. The lowest BCUT2D eigenvalue weighted by Crippen LogP contribution is -2.55. The Balaban J connectivity index is 2.66. The van der Waals surface area contributed by atoms with Crippen molar-refractivity contribution in [3.63, 3.8) is 0 Å². The van der Waals surface area contributed by atoms with E-state index in [1.54, 1.807) is 4.90 Å². The molecule has 5 nitrogen and oxygen atoms in total. The lowest BCUT2D eigenvalue weighted by Gasteiger charge is -2.43. The van der Waals surface area contributed by atoms with Crippen molar-refractivity contribution in [2.75, 3.05) is 31.6 Å². The van der Waals surface area contributed by atoms with Crippen molar-refractivity contribution in [2.24, 2.45) is 0 Å². The molecule has 1 aliphatic heterocycles. The molecule has 1 fully saturated rings. The maximum Gasteiger partial charge on any atom is 0.410 e. The van der Waals surface area contributed by atoms with Crippen LogP contribution >= 0.6 is 15.9 Å². The van der Waals surface area contributed by atoms with E-state index in [-0.39, 0.29) is 17.8 Å². The molecule has 1 rings (SSSR count). The lowest BCUT2D eigenvalue weighted by atomic mass is 9.94. The minimum absolute atomic E-state index is 0.00362. The zero-order valence-corrected chi connectivity index (χ0v) is 16.1. The van der Waals surface area contributed by atoms with Gasteiger partial charge in [0.15, 0.2) is 0 Å². The third-order valence-corrected chi connectivity index (χ3v) is 4.46. The van der Waals surface area contributed by atoms with E-state index in [1.165, 1.54) is 0 Å². The first-order valence-electron chi connectivity index (χ1n) is 8.01.